The summed E-state index contributed by atoms with van der Waals surface area (Å²) in [5.41, 5.74) is 2.67. The average molecular weight is 371 g/mol. The zero-order chi connectivity index (χ0) is 17.7. The van der Waals surface area contributed by atoms with E-state index in [2.05, 4.69) is 10.5 Å². The number of phenolic OH excluding ortho intramolecular Hbond substituents is 1. The highest BCUT2D eigenvalue weighted by Gasteiger charge is 2.09. The summed E-state index contributed by atoms with van der Waals surface area (Å²) in [7, 11) is 0. The average Bonchev–Trinajstić information content (AvgIpc) is 2.54. The molecule has 2 N–H and O–H groups in total. The maximum Gasteiger partial charge on any atom is 0.277 e. The van der Waals surface area contributed by atoms with Crippen molar-refractivity contribution >= 4 is 34.8 Å². The van der Waals surface area contributed by atoms with E-state index >= 15 is 0 Å². The van der Waals surface area contributed by atoms with Crippen molar-refractivity contribution in [1.82, 2.24) is 5.43 Å². The molecule has 8 heteroatoms. The first-order valence-corrected chi connectivity index (χ1v) is 7.52. The molecule has 1 amide bonds. The van der Waals surface area contributed by atoms with E-state index < -0.39 is 11.7 Å². The number of hydrazone groups is 1. The van der Waals surface area contributed by atoms with Gasteiger partial charge in [-0.15, -0.1) is 0 Å². The minimum absolute atomic E-state index is 0.143. The molecule has 24 heavy (non-hydrogen) atoms. The van der Waals surface area contributed by atoms with Crippen LogP contribution in [0.25, 0.3) is 0 Å². The van der Waals surface area contributed by atoms with Gasteiger partial charge in [-0.2, -0.15) is 5.10 Å². The fraction of sp³-hybridized carbons (Fsp3) is 0.125. The van der Waals surface area contributed by atoms with Crippen LogP contribution >= 0.6 is 23.2 Å². The number of phenols is 1. The Balaban J connectivity index is 1.95. The number of amides is 1. The van der Waals surface area contributed by atoms with Gasteiger partial charge in [-0.25, -0.2) is 9.82 Å². The Bertz CT molecular complexity index is 797. The van der Waals surface area contributed by atoms with E-state index in [1.54, 1.807) is 6.07 Å². The maximum absolute atomic E-state index is 13.2. The lowest BCUT2D eigenvalue weighted by Crippen LogP contribution is -2.25. The van der Waals surface area contributed by atoms with Crippen LogP contribution in [0.1, 0.15) is 12.5 Å². The molecule has 0 saturated heterocycles. The van der Waals surface area contributed by atoms with Gasteiger partial charge in [0.2, 0.25) is 0 Å². The molecule has 0 spiro atoms. The van der Waals surface area contributed by atoms with Crippen LogP contribution in [0.4, 0.5) is 4.39 Å². The summed E-state index contributed by atoms with van der Waals surface area (Å²) in [6.45, 7) is 1.19. The van der Waals surface area contributed by atoms with E-state index in [9.17, 15) is 14.3 Å². The summed E-state index contributed by atoms with van der Waals surface area (Å²) >= 11 is 11.7. The summed E-state index contributed by atoms with van der Waals surface area (Å²) in [6.07, 6.45) is 0. The van der Waals surface area contributed by atoms with Gasteiger partial charge in [0.15, 0.2) is 6.61 Å². The Morgan fingerprint density at radius 2 is 2.04 bits per heavy atom. The third-order valence-electron chi connectivity index (χ3n) is 2.95. The van der Waals surface area contributed by atoms with Gasteiger partial charge in [0.25, 0.3) is 5.91 Å². The molecule has 126 valence electrons. The first kappa shape index (κ1) is 18.0. The molecule has 0 aliphatic heterocycles. The Morgan fingerprint density at radius 3 is 2.75 bits per heavy atom. The molecule has 0 heterocycles. The molecule has 0 atom stereocenters. The zero-order valence-corrected chi connectivity index (χ0v) is 14.0. The van der Waals surface area contributed by atoms with E-state index in [4.69, 9.17) is 27.9 Å². The molecular formula is C16H13Cl2FN2O3. The van der Waals surface area contributed by atoms with Gasteiger partial charge < -0.3 is 9.84 Å². The van der Waals surface area contributed by atoms with E-state index in [1.165, 1.54) is 25.1 Å². The van der Waals surface area contributed by atoms with Crippen molar-refractivity contribution in [2.24, 2.45) is 5.10 Å². The predicted molar refractivity (Wildman–Crippen MR) is 90.4 cm³/mol. The van der Waals surface area contributed by atoms with Crippen molar-refractivity contribution in [3.05, 3.63) is 57.8 Å². The highest BCUT2D eigenvalue weighted by molar-refractivity contribution is 6.35. The smallest absolute Gasteiger partial charge is 0.277 e. The van der Waals surface area contributed by atoms with Gasteiger partial charge in [-0.1, -0.05) is 23.2 Å². The summed E-state index contributed by atoms with van der Waals surface area (Å²) < 4.78 is 18.4. The van der Waals surface area contributed by atoms with Crippen LogP contribution in [-0.4, -0.2) is 23.3 Å². The Kier molecular flexibility index (Phi) is 6.00. The fourth-order valence-corrected chi connectivity index (χ4v) is 2.24. The summed E-state index contributed by atoms with van der Waals surface area (Å²) in [5, 5.41) is 14.2. The van der Waals surface area contributed by atoms with Crippen LogP contribution < -0.4 is 10.2 Å². The normalized spacial score (nSPS) is 11.2. The van der Waals surface area contributed by atoms with Crippen LogP contribution in [0.3, 0.4) is 0 Å². The van der Waals surface area contributed by atoms with Crippen molar-refractivity contribution < 1.29 is 19.0 Å². The summed E-state index contributed by atoms with van der Waals surface area (Å²) in [6, 6.07) is 8.05. The Hall–Kier alpha value is -2.31. The largest absolute Gasteiger partial charge is 0.507 e. The molecular weight excluding hydrogens is 358 g/mol. The van der Waals surface area contributed by atoms with Crippen LogP contribution in [0, 0.1) is 5.82 Å². The van der Waals surface area contributed by atoms with Crippen LogP contribution in [0.5, 0.6) is 11.5 Å². The van der Waals surface area contributed by atoms with Crippen LogP contribution in [0.15, 0.2) is 41.5 Å². The molecule has 0 unspecified atom stereocenters. The van der Waals surface area contributed by atoms with E-state index in [1.807, 2.05) is 0 Å². The number of carbonyl (C=O) groups excluding carboxylic acids is 1. The van der Waals surface area contributed by atoms with Crippen LogP contribution in [0.2, 0.25) is 10.0 Å². The lowest BCUT2D eigenvalue weighted by molar-refractivity contribution is -0.123. The monoisotopic (exact) mass is 370 g/mol. The molecule has 2 aromatic rings. The number of halogens is 3. The predicted octanol–water partition coefficient (Wildman–Crippen LogP) is 3.76. The second-order valence-corrected chi connectivity index (χ2v) is 5.60. The molecule has 0 saturated carbocycles. The molecule has 0 fully saturated rings. The van der Waals surface area contributed by atoms with Crippen molar-refractivity contribution in [1.29, 1.82) is 0 Å². The fourth-order valence-electron chi connectivity index (χ4n) is 1.77. The molecule has 5 nitrogen and oxygen atoms in total. The van der Waals surface area contributed by atoms with Crippen molar-refractivity contribution in [2.45, 2.75) is 6.92 Å². The molecule has 0 aliphatic carbocycles. The minimum atomic E-state index is -0.545. The van der Waals surface area contributed by atoms with Gasteiger partial charge in [-0.3, -0.25) is 4.79 Å². The van der Waals surface area contributed by atoms with Crippen molar-refractivity contribution in [3.63, 3.8) is 0 Å². The SMILES string of the molecule is C/C(=N\NC(=O)COc1ccc(Cl)cc1Cl)c1cc(F)ccc1O. The molecule has 0 aliphatic rings. The summed E-state index contributed by atoms with van der Waals surface area (Å²) in [4.78, 5) is 11.7. The minimum Gasteiger partial charge on any atom is -0.507 e. The van der Waals surface area contributed by atoms with Crippen molar-refractivity contribution in [3.8, 4) is 11.5 Å². The van der Waals surface area contributed by atoms with E-state index in [-0.39, 0.29) is 28.7 Å². The van der Waals surface area contributed by atoms with Crippen molar-refractivity contribution in [2.75, 3.05) is 6.61 Å². The number of ether oxygens (including phenoxy) is 1. The van der Waals surface area contributed by atoms with E-state index in [0.717, 1.165) is 12.1 Å². The number of nitrogens with one attached hydrogen (secondary N) is 1. The molecule has 2 rings (SSSR count). The third-order valence-corrected chi connectivity index (χ3v) is 3.48. The molecule has 0 aromatic heterocycles. The topological polar surface area (TPSA) is 70.9 Å². The molecule has 0 radical (unpaired) electrons. The van der Waals surface area contributed by atoms with Gasteiger partial charge >= 0.3 is 0 Å². The first-order chi connectivity index (χ1) is 11.4. The number of aromatic hydroxyl groups is 1. The second kappa shape index (κ2) is 7.99. The number of benzene rings is 2. The Morgan fingerprint density at radius 1 is 1.29 bits per heavy atom. The standard InChI is InChI=1S/C16H13Cl2FN2O3/c1-9(12-7-11(19)3-4-14(12)22)20-21-16(23)8-24-15-5-2-10(17)6-13(15)18/h2-7,22H,8H2,1H3,(H,21,23)/b20-9+. The zero-order valence-electron chi connectivity index (χ0n) is 12.5. The van der Waals surface area contributed by atoms with Crippen LogP contribution in [-0.2, 0) is 4.79 Å². The lowest BCUT2D eigenvalue weighted by atomic mass is 10.1. The number of hydrogen-bond acceptors (Lipinski definition) is 4. The molecule has 2 aromatic carbocycles. The highest BCUT2D eigenvalue weighted by atomic mass is 35.5. The Labute approximate surface area is 147 Å². The summed E-state index contributed by atoms with van der Waals surface area (Å²) in [5.74, 6) is -0.906. The first-order valence-electron chi connectivity index (χ1n) is 6.76. The van der Waals surface area contributed by atoms with Gasteiger partial charge in [0.05, 0.1) is 10.7 Å². The number of rotatable bonds is 5. The quantitative estimate of drug-likeness (QED) is 0.621. The highest BCUT2D eigenvalue weighted by Crippen LogP contribution is 2.27. The van der Waals surface area contributed by atoms with E-state index in [0.29, 0.717) is 10.8 Å². The number of hydrogen-bond donors (Lipinski definition) is 2. The second-order valence-electron chi connectivity index (χ2n) is 4.76. The number of carbonyl (C=O) groups is 1. The third kappa shape index (κ3) is 4.84. The van der Waals surface area contributed by atoms with Gasteiger partial charge in [0, 0.05) is 10.6 Å². The maximum atomic E-state index is 13.2. The lowest BCUT2D eigenvalue weighted by Gasteiger charge is -2.08. The number of nitrogens with zero attached hydrogens (tertiary/aromatic N) is 1. The molecule has 0 bridgehead atoms. The van der Waals surface area contributed by atoms with Gasteiger partial charge in [-0.05, 0) is 43.3 Å². The van der Waals surface area contributed by atoms with Gasteiger partial charge in [0.1, 0.15) is 17.3 Å².